The Balaban J connectivity index is 0.000000211. The Morgan fingerprint density at radius 2 is 1.91 bits per heavy atom. The summed E-state index contributed by atoms with van der Waals surface area (Å²) in [5.41, 5.74) is -2.21. The van der Waals surface area contributed by atoms with Crippen LogP contribution in [0.25, 0.3) is 11.0 Å². The van der Waals surface area contributed by atoms with E-state index < -0.39 is 22.0 Å². The number of piperazine rings is 1. The molecule has 118 valence electrons. The second-order valence-electron chi connectivity index (χ2n) is 4.99. The van der Waals surface area contributed by atoms with Crippen molar-refractivity contribution in [2.75, 3.05) is 33.2 Å². The molecule has 0 bridgehead atoms. The average Bonchev–Trinajstić information content (AvgIpc) is 2.48. The summed E-state index contributed by atoms with van der Waals surface area (Å²) in [6.45, 7) is 5.10. The summed E-state index contributed by atoms with van der Waals surface area (Å²) in [7, 11) is 2.17. The molecule has 8 heteroatoms. The van der Waals surface area contributed by atoms with E-state index in [1.807, 2.05) is 0 Å². The van der Waals surface area contributed by atoms with Crippen LogP contribution in [0.15, 0.2) is 33.5 Å². The van der Waals surface area contributed by atoms with Gasteiger partial charge in [-0.1, -0.05) is 18.2 Å². The largest absolute Gasteiger partial charge is 0.867 e. The van der Waals surface area contributed by atoms with E-state index in [1.165, 1.54) is 44.4 Å². The van der Waals surface area contributed by atoms with Gasteiger partial charge in [-0.05, 0) is 18.9 Å². The van der Waals surface area contributed by atoms with E-state index in [0.717, 1.165) is 0 Å². The molecule has 22 heavy (non-hydrogen) atoms. The maximum Gasteiger partial charge on any atom is 0.414 e. The van der Waals surface area contributed by atoms with Crippen LogP contribution in [-0.4, -0.2) is 43.0 Å². The lowest BCUT2D eigenvalue weighted by Gasteiger charge is -2.19. The Morgan fingerprint density at radius 3 is 2.45 bits per heavy atom. The lowest BCUT2D eigenvalue weighted by Crippen LogP contribution is -2.89. The number of nitrogens with two attached hydrogens (primary N) is 1. The van der Waals surface area contributed by atoms with Crippen LogP contribution in [-0.2, 0) is 0 Å². The first-order chi connectivity index (χ1) is 10.5. The summed E-state index contributed by atoms with van der Waals surface area (Å²) >= 11 is 0. The number of nitro groups is 1. The van der Waals surface area contributed by atoms with Gasteiger partial charge in [-0.15, -0.1) is 0 Å². The lowest BCUT2D eigenvalue weighted by atomic mass is 10.2. The molecule has 0 atom stereocenters. The van der Waals surface area contributed by atoms with Crippen LogP contribution in [0.1, 0.15) is 0 Å². The van der Waals surface area contributed by atoms with Crippen molar-refractivity contribution in [1.29, 1.82) is 0 Å². The molecule has 1 aromatic carbocycles. The van der Waals surface area contributed by atoms with Crippen molar-refractivity contribution in [3.05, 3.63) is 44.8 Å². The van der Waals surface area contributed by atoms with E-state index in [9.17, 15) is 20.0 Å². The van der Waals surface area contributed by atoms with Gasteiger partial charge in [0.2, 0.25) is 0 Å². The summed E-state index contributed by atoms with van der Waals surface area (Å²) in [6.07, 6.45) is 0. The van der Waals surface area contributed by atoms with Crippen molar-refractivity contribution in [3.63, 3.8) is 0 Å². The van der Waals surface area contributed by atoms with Gasteiger partial charge in [0.05, 0.1) is 18.0 Å². The van der Waals surface area contributed by atoms with E-state index in [-0.39, 0.29) is 11.0 Å². The third kappa shape index (κ3) is 3.60. The van der Waals surface area contributed by atoms with Crippen molar-refractivity contribution >= 4 is 16.7 Å². The smallest absolute Gasteiger partial charge is 0.414 e. The third-order valence-corrected chi connectivity index (χ3v) is 3.36. The summed E-state index contributed by atoms with van der Waals surface area (Å²) in [6, 6.07) is 5.87. The fraction of sp³-hybridized carbons (Fsp3) is 0.357. The molecule has 0 unspecified atom stereocenters. The first kappa shape index (κ1) is 15.9. The molecule has 0 amide bonds. The Labute approximate surface area is 126 Å². The van der Waals surface area contributed by atoms with Crippen LogP contribution in [0, 0.1) is 10.1 Å². The van der Waals surface area contributed by atoms with E-state index in [2.05, 4.69) is 21.7 Å². The minimum atomic E-state index is -1.22. The fourth-order valence-electron chi connectivity index (χ4n) is 2.15. The van der Waals surface area contributed by atoms with Gasteiger partial charge in [0.25, 0.3) is 0 Å². The predicted molar refractivity (Wildman–Crippen MR) is 77.7 cm³/mol. The maximum absolute atomic E-state index is 11.5. The normalized spacial score (nSPS) is 15.1. The highest BCUT2D eigenvalue weighted by Crippen LogP contribution is 2.27. The molecule has 0 radical (unpaired) electrons. The summed E-state index contributed by atoms with van der Waals surface area (Å²) in [5, 5.41) is 24.3. The first-order valence-corrected chi connectivity index (χ1v) is 6.88. The van der Waals surface area contributed by atoms with Gasteiger partial charge < -0.3 is 14.8 Å². The Hall–Kier alpha value is -2.45. The van der Waals surface area contributed by atoms with Crippen molar-refractivity contribution in [3.8, 4) is 5.75 Å². The molecule has 0 saturated carbocycles. The highest BCUT2D eigenvalue weighted by atomic mass is 16.6. The molecule has 1 aromatic heterocycles. The molecule has 0 spiro atoms. The highest BCUT2D eigenvalue weighted by molar-refractivity contribution is 5.85. The minimum absolute atomic E-state index is 0.0313. The molecule has 2 N–H and O–H groups in total. The van der Waals surface area contributed by atoms with Crippen molar-refractivity contribution in [2.24, 2.45) is 0 Å². The van der Waals surface area contributed by atoms with Gasteiger partial charge in [0.1, 0.15) is 5.58 Å². The number of fused-ring (bicyclic) bond motifs is 1. The summed E-state index contributed by atoms with van der Waals surface area (Å²) < 4.78 is 4.64. The number of para-hydroxylation sites is 1. The predicted octanol–water partition coefficient (Wildman–Crippen LogP) is -0.730. The second-order valence-corrected chi connectivity index (χ2v) is 4.99. The molecule has 0 aliphatic carbocycles. The average molecular weight is 307 g/mol. The Bertz CT molecular complexity index is 722. The molecule has 3 rings (SSSR count). The zero-order valence-electron chi connectivity index (χ0n) is 12.2. The number of hydrogen-bond acceptors (Lipinski definition) is 6. The van der Waals surface area contributed by atoms with Crippen LogP contribution in [0.2, 0.25) is 0 Å². The number of likely N-dealkylation sites (N-methyl/N-ethyl adjacent to an activating group) is 1. The number of quaternary nitrogens is 1. The molecule has 2 aromatic rings. The zero-order chi connectivity index (χ0) is 16.1. The van der Waals surface area contributed by atoms with Gasteiger partial charge in [-0.3, -0.25) is 15.0 Å². The lowest BCUT2D eigenvalue weighted by molar-refractivity contribution is -0.662. The van der Waals surface area contributed by atoms with Crippen molar-refractivity contribution < 1.29 is 19.8 Å². The molecule has 1 aliphatic heterocycles. The monoisotopic (exact) mass is 307 g/mol. The topological polar surface area (TPSA) is 116 Å². The quantitative estimate of drug-likeness (QED) is 0.422. The maximum atomic E-state index is 11.5. The van der Waals surface area contributed by atoms with Crippen LogP contribution in [0.5, 0.6) is 5.75 Å². The van der Waals surface area contributed by atoms with Gasteiger partial charge in [-0.25, -0.2) is 4.79 Å². The standard InChI is InChI=1S/C9H5NO5.C5H12N2/c11-8-5-3-1-2-4-6(5)15-9(12)7(8)10(13)14;1-7-4-2-6-3-5-7/h1-4,11H;6H,2-5H2,1H3. The van der Waals surface area contributed by atoms with E-state index in [4.69, 9.17) is 0 Å². The van der Waals surface area contributed by atoms with Crippen LogP contribution in [0.3, 0.4) is 0 Å². The zero-order valence-corrected chi connectivity index (χ0v) is 12.2. The van der Waals surface area contributed by atoms with Crippen LogP contribution in [0.4, 0.5) is 5.69 Å². The van der Waals surface area contributed by atoms with Crippen LogP contribution >= 0.6 is 0 Å². The SMILES string of the molecule is CN1CC[NH2+]CC1.O=c1oc2ccccc2c([O-])c1[N+](=O)[O-]. The molecular weight excluding hydrogens is 290 g/mol. The Kier molecular flexibility index (Phi) is 5.08. The Morgan fingerprint density at radius 1 is 1.27 bits per heavy atom. The molecule has 8 nitrogen and oxygen atoms in total. The third-order valence-electron chi connectivity index (χ3n) is 3.36. The highest BCUT2D eigenvalue weighted by Gasteiger charge is 2.17. The van der Waals surface area contributed by atoms with E-state index >= 15 is 0 Å². The molecule has 1 aliphatic rings. The van der Waals surface area contributed by atoms with Crippen LogP contribution < -0.4 is 16.0 Å². The number of benzene rings is 1. The summed E-state index contributed by atoms with van der Waals surface area (Å²) in [4.78, 5) is 22.9. The first-order valence-electron chi connectivity index (χ1n) is 6.88. The molecule has 1 saturated heterocycles. The molecular formula is C14H17N3O5. The molecule has 2 heterocycles. The van der Waals surface area contributed by atoms with Gasteiger partial charge in [0.15, 0.2) is 0 Å². The number of hydrogen-bond donors (Lipinski definition) is 1. The molecule has 1 fully saturated rings. The number of nitrogens with zero attached hydrogens (tertiary/aromatic N) is 2. The van der Waals surface area contributed by atoms with Gasteiger partial charge in [-0.2, -0.15) is 0 Å². The van der Waals surface area contributed by atoms with E-state index in [0.29, 0.717) is 0 Å². The van der Waals surface area contributed by atoms with E-state index in [1.54, 1.807) is 6.07 Å². The minimum Gasteiger partial charge on any atom is -0.867 e. The number of rotatable bonds is 1. The van der Waals surface area contributed by atoms with Crippen molar-refractivity contribution in [2.45, 2.75) is 0 Å². The summed E-state index contributed by atoms with van der Waals surface area (Å²) in [5.74, 6) is -0.910. The second kappa shape index (κ2) is 7.01. The van der Waals surface area contributed by atoms with Gasteiger partial charge in [0, 0.05) is 18.5 Å². The fourth-order valence-corrected chi connectivity index (χ4v) is 2.15. The van der Waals surface area contributed by atoms with Gasteiger partial charge >= 0.3 is 11.3 Å². The van der Waals surface area contributed by atoms with Crippen molar-refractivity contribution in [1.82, 2.24) is 4.90 Å².